The van der Waals surface area contributed by atoms with Crippen LogP contribution in [0.2, 0.25) is 5.02 Å². The molecule has 1 unspecified atom stereocenters. The van der Waals surface area contributed by atoms with Crippen LogP contribution in [-0.4, -0.2) is 69.8 Å². The molecule has 4 aliphatic rings. The van der Waals surface area contributed by atoms with Crippen molar-refractivity contribution in [3.8, 4) is 5.75 Å². The molecule has 6 rings (SSSR count). The standard InChI is InChI=1S/C33H42ClN3O6S/c1-20(36(2)44(35,40)41)24-13-25(14-24)31(42-3)27-9-6-23(27)17-37-18-33(12-4-5-21-15-26(34)8-10-28(21)33)19-43-30-11-7-22(32(38)39)16-29(30)37/h7-8,10-11,13,15-16,20,23-24,27,31H,4-6,9,12,14,17-19H2,1-3H3,(H,38,39)(H2,35,40,41)/t20-,23-,24?,27+,31-,33-/m0/s1. The third kappa shape index (κ3) is 5.75. The number of nitrogens with two attached hydrogens (primary N) is 1. The minimum Gasteiger partial charge on any atom is -0.490 e. The molecule has 9 nitrogen and oxygen atoms in total. The number of carbonyl (C=O) groups is 1. The van der Waals surface area contributed by atoms with Crippen molar-refractivity contribution in [2.24, 2.45) is 22.9 Å². The number of nitrogens with zero attached hydrogens (tertiary/aromatic N) is 2. The van der Waals surface area contributed by atoms with E-state index in [9.17, 15) is 18.3 Å². The van der Waals surface area contributed by atoms with Crippen LogP contribution in [0, 0.1) is 17.8 Å². The summed E-state index contributed by atoms with van der Waals surface area (Å²) in [6, 6.07) is 11.1. The molecule has 0 radical (unpaired) electrons. The Balaban J connectivity index is 1.27. The molecule has 0 aromatic heterocycles. The van der Waals surface area contributed by atoms with Gasteiger partial charge in [0.25, 0.3) is 10.2 Å². The number of hydrogen-bond acceptors (Lipinski definition) is 6. The first-order chi connectivity index (χ1) is 20.9. The van der Waals surface area contributed by atoms with Crippen molar-refractivity contribution in [2.75, 3.05) is 38.8 Å². The van der Waals surface area contributed by atoms with Crippen LogP contribution in [0.15, 0.2) is 48.0 Å². The van der Waals surface area contributed by atoms with Gasteiger partial charge in [0, 0.05) is 43.7 Å². The van der Waals surface area contributed by atoms with Crippen LogP contribution < -0.4 is 14.8 Å². The summed E-state index contributed by atoms with van der Waals surface area (Å²) in [5.74, 6) is 0.494. The monoisotopic (exact) mass is 643 g/mol. The van der Waals surface area contributed by atoms with Crippen molar-refractivity contribution in [1.82, 2.24) is 4.31 Å². The SMILES string of the molecule is CO[C@@H](C1=CC([C@H](C)N(C)S(N)(=O)=O)C1)[C@@H]1CC[C@H]1CN1C[C@@]2(CCCc3cc(Cl)ccc32)COc2ccc(C(=O)O)cc21. The first kappa shape index (κ1) is 31.4. The number of anilines is 1. The molecule has 0 amide bonds. The van der Waals surface area contributed by atoms with Crippen molar-refractivity contribution in [3.63, 3.8) is 0 Å². The Labute approximate surface area is 265 Å². The molecule has 2 aromatic rings. The second-order valence-electron chi connectivity index (χ2n) is 13.2. The van der Waals surface area contributed by atoms with Crippen LogP contribution >= 0.6 is 11.6 Å². The summed E-state index contributed by atoms with van der Waals surface area (Å²) >= 11 is 6.40. The van der Waals surface area contributed by atoms with Gasteiger partial charge in [-0.15, -0.1) is 0 Å². The normalized spacial score (nSPS) is 27.6. The van der Waals surface area contributed by atoms with Gasteiger partial charge in [0.05, 0.1) is 24.0 Å². The largest absolute Gasteiger partial charge is 0.490 e. The lowest BCUT2D eigenvalue weighted by atomic mass is 9.65. The second-order valence-corrected chi connectivity index (χ2v) is 15.2. The van der Waals surface area contributed by atoms with Gasteiger partial charge in [0.1, 0.15) is 5.75 Å². The van der Waals surface area contributed by atoms with Gasteiger partial charge < -0.3 is 19.5 Å². The van der Waals surface area contributed by atoms with Gasteiger partial charge in [-0.25, -0.2) is 9.93 Å². The molecular formula is C33H42ClN3O6S. The number of rotatable bonds is 9. The molecule has 6 atom stereocenters. The number of carboxylic acid groups (broad SMARTS) is 1. The first-order valence-electron chi connectivity index (χ1n) is 15.4. The fourth-order valence-electron chi connectivity index (χ4n) is 7.89. The van der Waals surface area contributed by atoms with Gasteiger partial charge >= 0.3 is 5.97 Å². The molecule has 3 N–H and O–H groups in total. The van der Waals surface area contributed by atoms with Gasteiger partial charge in [-0.1, -0.05) is 23.7 Å². The van der Waals surface area contributed by atoms with Crippen LogP contribution in [0.4, 0.5) is 5.69 Å². The summed E-state index contributed by atoms with van der Waals surface area (Å²) in [4.78, 5) is 14.4. The van der Waals surface area contributed by atoms with Crippen LogP contribution in [0.25, 0.3) is 0 Å². The van der Waals surface area contributed by atoms with E-state index in [1.54, 1.807) is 25.3 Å². The van der Waals surface area contributed by atoms with Gasteiger partial charge in [-0.05, 0) is 110 Å². The molecule has 0 bridgehead atoms. The summed E-state index contributed by atoms with van der Waals surface area (Å²) in [5.41, 5.74) is 4.57. The number of aryl methyl sites for hydroxylation is 1. The van der Waals surface area contributed by atoms with E-state index in [1.807, 2.05) is 13.0 Å². The predicted molar refractivity (Wildman–Crippen MR) is 171 cm³/mol. The molecule has 1 spiro atoms. The van der Waals surface area contributed by atoms with Gasteiger partial charge in [-0.3, -0.25) is 0 Å². The maximum atomic E-state index is 12.0. The minimum absolute atomic E-state index is 0.0449. The molecule has 1 aliphatic heterocycles. The van der Waals surface area contributed by atoms with Crippen molar-refractivity contribution in [1.29, 1.82) is 0 Å². The number of benzene rings is 2. The van der Waals surface area contributed by atoms with Crippen molar-refractivity contribution in [3.05, 3.63) is 69.8 Å². The third-order valence-electron chi connectivity index (χ3n) is 10.7. The zero-order chi connectivity index (χ0) is 31.4. The number of hydrogen-bond donors (Lipinski definition) is 2. The summed E-state index contributed by atoms with van der Waals surface area (Å²) in [6.07, 6.45) is 7.97. The number of ether oxygens (including phenoxy) is 2. The number of carboxylic acids is 1. The number of methoxy groups -OCH3 is 1. The minimum atomic E-state index is -3.76. The Morgan fingerprint density at radius 1 is 1.27 bits per heavy atom. The average molecular weight is 644 g/mol. The van der Waals surface area contributed by atoms with E-state index in [4.69, 9.17) is 26.2 Å². The maximum Gasteiger partial charge on any atom is 0.335 e. The number of halogens is 1. The topological polar surface area (TPSA) is 122 Å². The zero-order valence-electron chi connectivity index (χ0n) is 25.5. The predicted octanol–water partition coefficient (Wildman–Crippen LogP) is 5.02. The molecule has 1 saturated carbocycles. The van der Waals surface area contributed by atoms with E-state index < -0.39 is 16.2 Å². The Bertz CT molecular complexity index is 1580. The first-order valence-corrected chi connectivity index (χ1v) is 17.3. The lowest BCUT2D eigenvalue weighted by molar-refractivity contribution is -0.000501. The molecule has 2 aromatic carbocycles. The van der Waals surface area contributed by atoms with Crippen molar-refractivity contribution >= 4 is 33.5 Å². The Hall–Kier alpha value is -2.63. The van der Waals surface area contributed by atoms with E-state index in [1.165, 1.54) is 28.1 Å². The van der Waals surface area contributed by atoms with E-state index in [2.05, 4.69) is 23.1 Å². The average Bonchev–Trinajstić information content (AvgIpc) is 3.09. The second kappa shape index (κ2) is 11.9. The van der Waals surface area contributed by atoms with E-state index in [0.29, 0.717) is 24.2 Å². The Morgan fingerprint density at radius 2 is 2.05 bits per heavy atom. The van der Waals surface area contributed by atoms with Crippen LogP contribution in [0.1, 0.15) is 60.5 Å². The van der Waals surface area contributed by atoms with Crippen LogP contribution in [-0.2, 0) is 26.8 Å². The van der Waals surface area contributed by atoms with Crippen LogP contribution in [0.5, 0.6) is 5.75 Å². The number of fused-ring (bicyclic) bond motifs is 3. The summed E-state index contributed by atoms with van der Waals surface area (Å²) in [5, 5.41) is 15.9. The summed E-state index contributed by atoms with van der Waals surface area (Å²) in [7, 11) is -0.485. The van der Waals surface area contributed by atoms with E-state index >= 15 is 0 Å². The molecule has 1 fully saturated rings. The zero-order valence-corrected chi connectivity index (χ0v) is 27.1. The lowest BCUT2D eigenvalue weighted by Crippen LogP contribution is -2.51. The molecule has 238 valence electrons. The summed E-state index contributed by atoms with van der Waals surface area (Å²) in [6.45, 7) is 3.89. The molecule has 0 saturated heterocycles. The highest BCUT2D eigenvalue weighted by Crippen LogP contribution is 2.49. The number of aromatic carboxylic acids is 1. The highest BCUT2D eigenvalue weighted by Gasteiger charge is 2.46. The van der Waals surface area contributed by atoms with Gasteiger partial charge in [-0.2, -0.15) is 12.7 Å². The van der Waals surface area contributed by atoms with Gasteiger partial charge in [0.2, 0.25) is 0 Å². The Kier molecular flexibility index (Phi) is 8.51. The Morgan fingerprint density at radius 3 is 2.70 bits per heavy atom. The summed E-state index contributed by atoms with van der Waals surface area (Å²) < 4.78 is 37.5. The third-order valence-corrected chi connectivity index (χ3v) is 12.1. The van der Waals surface area contributed by atoms with Crippen molar-refractivity contribution < 1.29 is 27.8 Å². The molecule has 1 heterocycles. The maximum absolute atomic E-state index is 12.0. The molecule has 3 aliphatic carbocycles. The highest BCUT2D eigenvalue weighted by molar-refractivity contribution is 7.86. The van der Waals surface area contributed by atoms with Crippen molar-refractivity contribution in [2.45, 2.75) is 63.0 Å². The quantitative estimate of drug-likeness (QED) is 0.368. The fraction of sp³-hybridized carbons (Fsp3) is 0.545. The lowest BCUT2D eigenvalue weighted by Gasteiger charge is -2.48. The smallest absolute Gasteiger partial charge is 0.335 e. The molecule has 11 heteroatoms. The highest BCUT2D eigenvalue weighted by atomic mass is 35.5. The molecular weight excluding hydrogens is 602 g/mol. The molecule has 44 heavy (non-hydrogen) atoms. The van der Waals surface area contributed by atoms with E-state index in [-0.39, 0.29) is 29.0 Å². The fourth-order valence-corrected chi connectivity index (χ4v) is 8.70. The van der Waals surface area contributed by atoms with Gasteiger partial charge in [0.15, 0.2) is 0 Å². The van der Waals surface area contributed by atoms with E-state index in [0.717, 1.165) is 62.3 Å². The van der Waals surface area contributed by atoms with Crippen LogP contribution in [0.3, 0.4) is 0 Å².